The predicted octanol–water partition coefficient (Wildman–Crippen LogP) is 2.83. The fourth-order valence-corrected chi connectivity index (χ4v) is 3.24. The van der Waals surface area contributed by atoms with Gasteiger partial charge >= 0.3 is 6.09 Å². The first-order valence-corrected chi connectivity index (χ1v) is 8.25. The van der Waals surface area contributed by atoms with E-state index in [0.29, 0.717) is 5.92 Å². The van der Waals surface area contributed by atoms with Crippen LogP contribution >= 0.6 is 11.3 Å². The van der Waals surface area contributed by atoms with Crippen molar-refractivity contribution in [3.63, 3.8) is 0 Å². The molecule has 0 unspecified atom stereocenters. The van der Waals surface area contributed by atoms with Crippen molar-refractivity contribution in [2.24, 2.45) is 5.92 Å². The minimum absolute atomic E-state index is 0.185. The molecule has 1 aromatic heterocycles. The van der Waals surface area contributed by atoms with Crippen LogP contribution in [0.5, 0.6) is 0 Å². The van der Waals surface area contributed by atoms with Gasteiger partial charge in [-0.1, -0.05) is 0 Å². The Bertz CT molecular complexity index is 456. The number of hydrogen-bond acceptors (Lipinski definition) is 5. The molecule has 5 nitrogen and oxygen atoms in total. The second-order valence-electron chi connectivity index (χ2n) is 6.75. The van der Waals surface area contributed by atoms with Gasteiger partial charge in [0.15, 0.2) is 0 Å². The van der Waals surface area contributed by atoms with E-state index in [9.17, 15) is 4.79 Å². The molecule has 0 aliphatic carbocycles. The number of nitrogens with zero attached hydrogens (tertiary/aromatic N) is 3. The van der Waals surface area contributed by atoms with E-state index in [1.165, 1.54) is 4.88 Å². The molecule has 2 heterocycles. The maximum atomic E-state index is 12.0. The first-order valence-electron chi connectivity index (χ1n) is 7.37. The highest BCUT2D eigenvalue weighted by atomic mass is 32.1. The molecule has 1 aliphatic heterocycles. The highest BCUT2D eigenvalue weighted by Gasteiger charge is 2.30. The Kier molecular flexibility index (Phi) is 5.22. The minimum Gasteiger partial charge on any atom is -0.444 e. The van der Waals surface area contributed by atoms with E-state index in [1.54, 1.807) is 11.3 Å². The quantitative estimate of drug-likeness (QED) is 0.858. The Balaban J connectivity index is 1.76. The van der Waals surface area contributed by atoms with Crippen molar-refractivity contribution in [2.45, 2.75) is 39.3 Å². The Morgan fingerprint density at radius 3 is 2.95 bits per heavy atom. The summed E-state index contributed by atoms with van der Waals surface area (Å²) in [7, 11) is 2.12. The fourth-order valence-electron chi connectivity index (χ4n) is 2.57. The number of aromatic nitrogens is 1. The van der Waals surface area contributed by atoms with Crippen molar-refractivity contribution in [1.82, 2.24) is 14.8 Å². The number of ether oxygens (including phenoxy) is 1. The number of thiazole rings is 1. The van der Waals surface area contributed by atoms with E-state index in [2.05, 4.69) is 16.9 Å². The summed E-state index contributed by atoms with van der Waals surface area (Å²) in [6.07, 6.45) is 2.78. The highest BCUT2D eigenvalue weighted by molar-refractivity contribution is 7.09. The maximum Gasteiger partial charge on any atom is 0.410 e. The molecule has 1 atom stereocenters. The molecule has 6 heteroatoms. The first-order chi connectivity index (χ1) is 9.83. The molecule has 0 N–H and O–H groups in total. The monoisotopic (exact) mass is 311 g/mol. The molecule has 0 bridgehead atoms. The van der Waals surface area contributed by atoms with Crippen molar-refractivity contribution in [1.29, 1.82) is 0 Å². The Morgan fingerprint density at radius 2 is 2.33 bits per heavy atom. The van der Waals surface area contributed by atoms with E-state index >= 15 is 0 Å². The number of likely N-dealkylation sites (tertiary alicyclic amines) is 1. The van der Waals surface area contributed by atoms with Gasteiger partial charge in [-0.15, -0.1) is 11.3 Å². The summed E-state index contributed by atoms with van der Waals surface area (Å²) in [4.78, 5) is 21.5. The van der Waals surface area contributed by atoms with Gasteiger partial charge in [-0.3, -0.25) is 4.98 Å². The molecule has 0 radical (unpaired) electrons. The van der Waals surface area contributed by atoms with E-state index in [4.69, 9.17) is 4.74 Å². The summed E-state index contributed by atoms with van der Waals surface area (Å²) in [6, 6.07) is 0. The normalized spacial score (nSPS) is 19.3. The lowest BCUT2D eigenvalue weighted by Gasteiger charge is -2.25. The zero-order chi connectivity index (χ0) is 15.5. The second kappa shape index (κ2) is 6.75. The van der Waals surface area contributed by atoms with Crippen LogP contribution in [0.25, 0.3) is 0 Å². The summed E-state index contributed by atoms with van der Waals surface area (Å²) in [6.45, 7) is 9.23. The van der Waals surface area contributed by atoms with Crippen LogP contribution in [0.3, 0.4) is 0 Å². The molecule has 0 saturated carbocycles. The molecule has 1 aliphatic rings. The van der Waals surface area contributed by atoms with Gasteiger partial charge < -0.3 is 14.5 Å². The van der Waals surface area contributed by atoms with Gasteiger partial charge in [0.25, 0.3) is 0 Å². The third-order valence-electron chi connectivity index (χ3n) is 3.42. The molecule has 0 aromatic carbocycles. The molecule has 21 heavy (non-hydrogen) atoms. The van der Waals surface area contributed by atoms with Gasteiger partial charge in [0.05, 0.1) is 5.51 Å². The first kappa shape index (κ1) is 16.2. The Hall–Kier alpha value is -1.14. The van der Waals surface area contributed by atoms with E-state index < -0.39 is 5.60 Å². The molecule has 1 amide bonds. The average Bonchev–Trinajstić information content (AvgIpc) is 2.98. The summed E-state index contributed by atoms with van der Waals surface area (Å²) in [5, 5.41) is 0. The Morgan fingerprint density at radius 1 is 1.57 bits per heavy atom. The summed E-state index contributed by atoms with van der Waals surface area (Å²) < 4.78 is 5.43. The van der Waals surface area contributed by atoms with Crippen LogP contribution in [0.4, 0.5) is 4.79 Å². The van der Waals surface area contributed by atoms with Crippen molar-refractivity contribution in [3.8, 4) is 0 Å². The van der Waals surface area contributed by atoms with Crippen LogP contribution in [0.2, 0.25) is 0 Å². The third kappa shape index (κ3) is 5.28. The van der Waals surface area contributed by atoms with Crippen LogP contribution in [0.15, 0.2) is 11.7 Å². The van der Waals surface area contributed by atoms with Crippen LogP contribution in [0, 0.1) is 5.92 Å². The molecule has 118 valence electrons. The molecular weight excluding hydrogens is 286 g/mol. The van der Waals surface area contributed by atoms with Gasteiger partial charge in [-0.25, -0.2) is 4.79 Å². The van der Waals surface area contributed by atoms with Crippen LogP contribution in [-0.2, 0) is 11.3 Å². The van der Waals surface area contributed by atoms with Gasteiger partial charge in [-0.05, 0) is 40.2 Å². The minimum atomic E-state index is -0.419. The zero-order valence-electron chi connectivity index (χ0n) is 13.3. The maximum absolute atomic E-state index is 12.0. The number of rotatable bonds is 4. The fraction of sp³-hybridized carbons (Fsp3) is 0.733. The summed E-state index contributed by atoms with van der Waals surface area (Å²) in [5.74, 6) is 0.524. The lowest BCUT2D eigenvalue weighted by Crippen LogP contribution is -2.36. The van der Waals surface area contributed by atoms with Gasteiger partial charge in [0, 0.05) is 37.3 Å². The summed E-state index contributed by atoms with van der Waals surface area (Å²) in [5.41, 5.74) is 1.45. The van der Waals surface area contributed by atoms with Crippen molar-refractivity contribution < 1.29 is 9.53 Å². The van der Waals surface area contributed by atoms with Gasteiger partial charge in [0.2, 0.25) is 0 Å². The average molecular weight is 311 g/mol. The standard InChI is InChI=1S/C15H25N3O2S/c1-15(2,3)20-14(19)18-6-5-12(9-18)8-17(4)10-13-7-16-11-21-13/h7,11-12H,5-6,8-10H2,1-4H3/t12-/m0/s1. The van der Waals surface area contributed by atoms with Crippen molar-refractivity contribution in [3.05, 3.63) is 16.6 Å². The Labute approximate surface area is 130 Å². The number of amides is 1. The number of carbonyl (C=O) groups excluding carboxylic acids is 1. The molecule has 0 spiro atoms. The smallest absolute Gasteiger partial charge is 0.410 e. The van der Waals surface area contributed by atoms with Crippen molar-refractivity contribution >= 4 is 17.4 Å². The van der Waals surface area contributed by atoms with Crippen molar-refractivity contribution in [2.75, 3.05) is 26.7 Å². The highest BCUT2D eigenvalue weighted by Crippen LogP contribution is 2.21. The summed E-state index contributed by atoms with van der Waals surface area (Å²) >= 11 is 1.68. The second-order valence-corrected chi connectivity index (χ2v) is 7.72. The van der Waals surface area contributed by atoms with E-state index in [1.807, 2.05) is 37.4 Å². The number of hydrogen-bond donors (Lipinski definition) is 0. The van der Waals surface area contributed by atoms with E-state index in [0.717, 1.165) is 32.6 Å². The molecular formula is C15H25N3O2S. The van der Waals surface area contributed by atoms with Crippen LogP contribution in [0.1, 0.15) is 32.1 Å². The van der Waals surface area contributed by atoms with Gasteiger partial charge in [0.1, 0.15) is 5.60 Å². The van der Waals surface area contributed by atoms with E-state index in [-0.39, 0.29) is 6.09 Å². The molecule has 1 fully saturated rings. The lowest BCUT2D eigenvalue weighted by molar-refractivity contribution is 0.0285. The predicted molar refractivity (Wildman–Crippen MR) is 84.4 cm³/mol. The molecule has 1 saturated heterocycles. The third-order valence-corrected chi connectivity index (χ3v) is 4.18. The van der Waals surface area contributed by atoms with Gasteiger partial charge in [-0.2, -0.15) is 0 Å². The zero-order valence-corrected chi connectivity index (χ0v) is 14.2. The topological polar surface area (TPSA) is 45.7 Å². The van der Waals surface area contributed by atoms with Crippen LogP contribution in [-0.4, -0.2) is 53.2 Å². The number of carbonyl (C=O) groups is 1. The molecule has 1 aromatic rings. The lowest BCUT2D eigenvalue weighted by atomic mass is 10.1. The molecule has 2 rings (SSSR count). The SMILES string of the molecule is CN(Cc1cncs1)C[C@@H]1CCN(C(=O)OC(C)(C)C)C1. The largest absolute Gasteiger partial charge is 0.444 e. The van der Waals surface area contributed by atoms with Crippen LogP contribution < -0.4 is 0 Å².